The Morgan fingerprint density at radius 1 is 1.33 bits per heavy atom. The molecule has 152 valence electrons. The minimum Gasteiger partial charge on any atom is -0.748 e. The van der Waals surface area contributed by atoms with Gasteiger partial charge in [0, 0.05) is 24.5 Å². The number of rotatable bonds is 7. The summed E-state index contributed by atoms with van der Waals surface area (Å²) in [5.74, 6) is -1.92. The number of carbonyl (C=O) groups excluding carboxylic acids is 1. The molecule has 0 bridgehead atoms. The lowest BCUT2D eigenvalue weighted by molar-refractivity contribution is -0.0328. The Morgan fingerprint density at radius 2 is 2.00 bits per heavy atom. The zero-order valence-electron chi connectivity index (χ0n) is 14.0. The van der Waals surface area contributed by atoms with E-state index in [1.165, 1.54) is 18.2 Å². The highest BCUT2D eigenvalue weighted by Gasteiger charge is 2.30. The molecule has 1 aliphatic rings. The van der Waals surface area contributed by atoms with Crippen LogP contribution < -0.4 is 0 Å². The Hall–Kier alpha value is -1.34. The highest BCUT2D eigenvalue weighted by Crippen LogP contribution is 2.37. The lowest BCUT2D eigenvalue weighted by atomic mass is 10.2. The summed E-state index contributed by atoms with van der Waals surface area (Å²) in [4.78, 5) is 13.8. The summed E-state index contributed by atoms with van der Waals surface area (Å²) < 4.78 is 80.9. The summed E-state index contributed by atoms with van der Waals surface area (Å²) in [6, 6.07) is 4.69. The van der Waals surface area contributed by atoms with E-state index in [4.69, 9.17) is 9.47 Å². The monoisotopic (exact) mass is 428 g/mol. The molecule has 1 aromatic carbocycles. The molecule has 1 saturated heterocycles. The number of hydrogen-bond donors (Lipinski definition) is 0. The van der Waals surface area contributed by atoms with Crippen molar-refractivity contribution < 1.29 is 40.4 Å². The number of thioether (sulfide) groups is 1. The second kappa shape index (κ2) is 9.24. The van der Waals surface area contributed by atoms with E-state index in [1.54, 1.807) is 4.90 Å². The third-order valence-corrected chi connectivity index (χ3v) is 5.03. The lowest BCUT2D eigenvalue weighted by Gasteiger charge is -2.30. The van der Waals surface area contributed by atoms with Gasteiger partial charge < -0.3 is 14.0 Å². The predicted molar refractivity (Wildman–Crippen MR) is 89.4 cm³/mol. The number of nitrogens with zero attached hydrogens (tertiary/aromatic N) is 1. The van der Waals surface area contributed by atoms with Crippen molar-refractivity contribution in [2.45, 2.75) is 16.5 Å². The molecule has 7 nitrogen and oxygen atoms in total. The summed E-state index contributed by atoms with van der Waals surface area (Å²) in [5.41, 5.74) is -4.68. The maximum atomic E-state index is 12.5. The molecule has 1 aliphatic heterocycles. The molecule has 0 amide bonds. The zero-order chi connectivity index (χ0) is 20.1. The van der Waals surface area contributed by atoms with E-state index in [1.807, 2.05) is 0 Å². The van der Waals surface area contributed by atoms with Gasteiger partial charge in [-0.15, -0.1) is 0 Å². The molecule has 12 heteroatoms. The first-order valence-electron chi connectivity index (χ1n) is 7.82. The predicted octanol–water partition coefficient (Wildman–Crippen LogP) is 1.70. The van der Waals surface area contributed by atoms with Crippen LogP contribution in [0.3, 0.4) is 0 Å². The molecule has 1 atom stereocenters. The van der Waals surface area contributed by atoms with E-state index >= 15 is 0 Å². The summed E-state index contributed by atoms with van der Waals surface area (Å²) in [6.45, 7) is 1.80. The van der Waals surface area contributed by atoms with Crippen molar-refractivity contribution in [2.75, 3.05) is 38.6 Å². The first kappa shape index (κ1) is 22.0. The summed E-state index contributed by atoms with van der Waals surface area (Å²) in [7, 11) is -4.67. The maximum Gasteiger partial charge on any atom is 0.446 e. The highest BCUT2D eigenvalue weighted by atomic mass is 32.2. The number of alkyl halides is 3. The van der Waals surface area contributed by atoms with Gasteiger partial charge in [0.15, 0.2) is 0 Å². The molecule has 1 unspecified atom stereocenters. The Morgan fingerprint density at radius 3 is 2.59 bits per heavy atom. The van der Waals surface area contributed by atoms with Crippen molar-refractivity contribution in [3.8, 4) is 0 Å². The molecular formula is C15H17F3NO6S2-. The number of morpholine rings is 1. The average molecular weight is 428 g/mol. The molecule has 27 heavy (non-hydrogen) atoms. The van der Waals surface area contributed by atoms with E-state index in [2.05, 4.69) is 0 Å². The minimum atomic E-state index is -4.67. The SMILES string of the molecule is O=C(OC(CN1CCOCC1)CS(=O)(=O)[O-])c1cccc(SC(F)(F)F)c1. The first-order valence-corrected chi connectivity index (χ1v) is 10.2. The Bertz CT molecular complexity index is 750. The van der Waals surface area contributed by atoms with Gasteiger partial charge >= 0.3 is 11.5 Å². The fourth-order valence-corrected chi connectivity index (χ4v) is 3.69. The molecule has 1 aromatic rings. The largest absolute Gasteiger partial charge is 0.748 e. The molecule has 0 aromatic heterocycles. The average Bonchev–Trinajstić information content (AvgIpc) is 2.52. The Labute approximate surface area is 158 Å². The smallest absolute Gasteiger partial charge is 0.446 e. The van der Waals surface area contributed by atoms with Crippen molar-refractivity contribution in [3.05, 3.63) is 29.8 Å². The van der Waals surface area contributed by atoms with Crippen molar-refractivity contribution in [1.82, 2.24) is 4.90 Å². The van der Waals surface area contributed by atoms with E-state index in [0.717, 1.165) is 6.07 Å². The van der Waals surface area contributed by atoms with Gasteiger partial charge in [0.25, 0.3) is 0 Å². The number of halogens is 3. The molecule has 1 fully saturated rings. The normalized spacial score (nSPS) is 17.5. The van der Waals surface area contributed by atoms with Gasteiger partial charge in [0.2, 0.25) is 0 Å². The molecule has 0 N–H and O–H groups in total. The van der Waals surface area contributed by atoms with Gasteiger partial charge in [-0.3, -0.25) is 4.90 Å². The summed E-state index contributed by atoms with van der Waals surface area (Å²) >= 11 is -0.386. The van der Waals surface area contributed by atoms with Crippen molar-refractivity contribution in [3.63, 3.8) is 0 Å². The van der Waals surface area contributed by atoms with Crippen LogP contribution in [0.5, 0.6) is 0 Å². The topological polar surface area (TPSA) is 96.0 Å². The fourth-order valence-electron chi connectivity index (χ4n) is 2.46. The zero-order valence-corrected chi connectivity index (χ0v) is 15.6. The Balaban J connectivity index is 2.08. The lowest BCUT2D eigenvalue weighted by Crippen LogP contribution is -2.44. The van der Waals surface area contributed by atoms with Crippen molar-refractivity contribution in [2.24, 2.45) is 0 Å². The second-order valence-corrected chi connectivity index (χ2v) is 8.33. The van der Waals surface area contributed by atoms with Gasteiger partial charge in [0.1, 0.15) is 6.10 Å². The van der Waals surface area contributed by atoms with Gasteiger partial charge in [-0.1, -0.05) is 6.07 Å². The molecule has 2 rings (SSSR count). The van der Waals surface area contributed by atoms with Crippen LogP contribution in [0, 0.1) is 0 Å². The summed E-state index contributed by atoms with van der Waals surface area (Å²) in [6.07, 6.45) is -1.24. The van der Waals surface area contributed by atoms with E-state index in [9.17, 15) is 30.9 Å². The van der Waals surface area contributed by atoms with Crippen LogP contribution in [-0.4, -0.2) is 74.1 Å². The second-order valence-electron chi connectivity index (χ2n) is 5.74. The van der Waals surface area contributed by atoms with Gasteiger partial charge in [-0.2, -0.15) is 13.2 Å². The van der Waals surface area contributed by atoms with E-state index in [-0.39, 0.29) is 28.8 Å². The molecule has 1 heterocycles. The molecule has 0 spiro atoms. The standard InChI is InChI=1S/C15H18F3NO6S2/c16-15(17,18)26-13-3-1-2-11(8-13)14(20)25-12(10-27(21,22)23)9-19-4-6-24-7-5-19/h1-3,8,12H,4-7,9-10H2,(H,21,22,23)/p-1. The number of esters is 1. The molecule has 0 aliphatic carbocycles. The van der Waals surface area contributed by atoms with Gasteiger partial charge in [-0.25, -0.2) is 13.2 Å². The van der Waals surface area contributed by atoms with Gasteiger partial charge in [0.05, 0.1) is 34.6 Å². The van der Waals surface area contributed by atoms with Crippen molar-refractivity contribution >= 4 is 27.8 Å². The summed E-state index contributed by atoms with van der Waals surface area (Å²) in [5, 5.41) is 0. The Kier molecular flexibility index (Phi) is 7.51. The first-order chi connectivity index (χ1) is 12.5. The molecular weight excluding hydrogens is 411 g/mol. The van der Waals surface area contributed by atoms with Crippen LogP contribution >= 0.6 is 11.8 Å². The minimum absolute atomic E-state index is 0.00750. The third-order valence-electron chi connectivity index (χ3n) is 3.53. The number of carbonyl (C=O) groups is 1. The van der Waals surface area contributed by atoms with Crippen LogP contribution in [0.4, 0.5) is 13.2 Å². The number of hydrogen-bond acceptors (Lipinski definition) is 8. The number of ether oxygens (including phenoxy) is 2. The number of benzene rings is 1. The third kappa shape index (κ3) is 8.47. The maximum absolute atomic E-state index is 12.5. The van der Waals surface area contributed by atoms with Crippen LogP contribution in [0.2, 0.25) is 0 Å². The van der Waals surface area contributed by atoms with Crippen LogP contribution in [0.15, 0.2) is 29.2 Å². The van der Waals surface area contributed by atoms with Gasteiger partial charge in [-0.05, 0) is 30.0 Å². The van der Waals surface area contributed by atoms with Crippen LogP contribution in [-0.2, 0) is 19.6 Å². The van der Waals surface area contributed by atoms with Crippen molar-refractivity contribution in [1.29, 1.82) is 0 Å². The van der Waals surface area contributed by atoms with Crippen LogP contribution in [0.1, 0.15) is 10.4 Å². The van der Waals surface area contributed by atoms with Crippen LogP contribution in [0.25, 0.3) is 0 Å². The molecule has 0 radical (unpaired) electrons. The fraction of sp³-hybridized carbons (Fsp3) is 0.533. The molecule has 0 saturated carbocycles. The quantitative estimate of drug-likeness (QED) is 0.368. The highest BCUT2D eigenvalue weighted by molar-refractivity contribution is 8.00. The van der Waals surface area contributed by atoms with E-state index < -0.39 is 33.5 Å². The van der Waals surface area contributed by atoms with E-state index in [0.29, 0.717) is 26.3 Å².